The molecule has 2 aromatic heterocycles. The van der Waals surface area contributed by atoms with E-state index in [0.29, 0.717) is 36.8 Å². The normalized spacial score (nSPS) is 14.3. The van der Waals surface area contributed by atoms with Gasteiger partial charge in [0.25, 0.3) is 5.56 Å². The van der Waals surface area contributed by atoms with Crippen LogP contribution in [0.5, 0.6) is 0 Å². The molecule has 0 saturated carbocycles. The Hall–Kier alpha value is -2.94. The van der Waals surface area contributed by atoms with E-state index < -0.39 is 5.69 Å². The molecule has 30 heavy (non-hydrogen) atoms. The third-order valence-corrected chi connectivity index (χ3v) is 5.82. The highest BCUT2D eigenvalue weighted by Gasteiger charge is 2.21. The molecule has 3 aromatic rings. The number of pyridine rings is 1. The summed E-state index contributed by atoms with van der Waals surface area (Å²) in [7, 11) is 0. The molecule has 156 valence electrons. The maximum atomic E-state index is 12.7. The highest BCUT2D eigenvalue weighted by molar-refractivity contribution is 9.10. The first-order chi connectivity index (χ1) is 14.5. The number of hydrogen-bond acceptors (Lipinski definition) is 5. The molecule has 1 aliphatic rings. The predicted molar refractivity (Wildman–Crippen MR) is 119 cm³/mol. The first-order valence-corrected chi connectivity index (χ1v) is 10.7. The van der Waals surface area contributed by atoms with Gasteiger partial charge in [-0.15, -0.1) is 0 Å². The zero-order valence-corrected chi connectivity index (χ0v) is 18.0. The highest BCUT2D eigenvalue weighted by atomic mass is 79.9. The summed E-state index contributed by atoms with van der Waals surface area (Å²) in [5.41, 5.74) is -0.288. The zero-order chi connectivity index (χ0) is 21.1. The number of piperazine rings is 1. The third-order valence-electron chi connectivity index (χ3n) is 5.32. The van der Waals surface area contributed by atoms with Gasteiger partial charge >= 0.3 is 5.69 Å². The number of carbonyl (C=O) groups is 1. The van der Waals surface area contributed by atoms with Crippen LogP contribution >= 0.6 is 15.9 Å². The molecule has 1 aromatic carbocycles. The van der Waals surface area contributed by atoms with Gasteiger partial charge in [-0.05, 0) is 36.8 Å². The minimum atomic E-state index is -0.453. The number of halogens is 1. The van der Waals surface area contributed by atoms with Gasteiger partial charge in [-0.2, -0.15) is 0 Å². The second-order valence-corrected chi connectivity index (χ2v) is 8.15. The quantitative estimate of drug-likeness (QED) is 0.614. The van der Waals surface area contributed by atoms with Gasteiger partial charge in [-0.1, -0.05) is 22.0 Å². The van der Waals surface area contributed by atoms with Crippen LogP contribution in [0.2, 0.25) is 0 Å². The Kier molecular flexibility index (Phi) is 5.98. The Labute approximate surface area is 181 Å². The van der Waals surface area contributed by atoms with Crippen molar-refractivity contribution in [3.05, 3.63) is 67.9 Å². The van der Waals surface area contributed by atoms with Gasteiger partial charge in [0.15, 0.2) is 0 Å². The van der Waals surface area contributed by atoms with E-state index in [1.165, 1.54) is 4.57 Å². The van der Waals surface area contributed by atoms with E-state index in [-0.39, 0.29) is 18.0 Å². The number of hydrogen-bond donors (Lipinski definition) is 1. The van der Waals surface area contributed by atoms with E-state index in [9.17, 15) is 14.4 Å². The molecular formula is C21H22BrN5O3. The third kappa shape index (κ3) is 4.30. The van der Waals surface area contributed by atoms with Crippen molar-refractivity contribution in [2.45, 2.75) is 19.4 Å². The highest BCUT2D eigenvalue weighted by Crippen LogP contribution is 2.15. The van der Waals surface area contributed by atoms with Crippen LogP contribution < -0.4 is 16.1 Å². The number of benzene rings is 1. The molecule has 1 fully saturated rings. The molecule has 3 heterocycles. The monoisotopic (exact) mass is 471 g/mol. The zero-order valence-electron chi connectivity index (χ0n) is 16.4. The molecule has 1 N–H and O–H groups in total. The maximum Gasteiger partial charge on any atom is 0.328 e. The number of fused-ring (bicyclic) bond motifs is 1. The molecule has 0 aliphatic carbocycles. The number of carbonyl (C=O) groups excluding carboxylic acids is 1. The second-order valence-electron chi connectivity index (χ2n) is 7.24. The number of amides is 1. The Balaban J connectivity index is 1.34. The summed E-state index contributed by atoms with van der Waals surface area (Å²) in [6, 6.07) is 11.0. The van der Waals surface area contributed by atoms with E-state index in [0.717, 1.165) is 23.4 Å². The van der Waals surface area contributed by atoms with Crippen molar-refractivity contribution in [2.24, 2.45) is 0 Å². The van der Waals surface area contributed by atoms with Gasteiger partial charge in [-0.3, -0.25) is 14.2 Å². The summed E-state index contributed by atoms with van der Waals surface area (Å²) in [6.45, 7) is 2.96. The van der Waals surface area contributed by atoms with E-state index in [1.54, 1.807) is 24.4 Å². The summed E-state index contributed by atoms with van der Waals surface area (Å²) >= 11 is 3.35. The van der Waals surface area contributed by atoms with Crippen LogP contribution in [0.4, 0.5) is 5.82 Å². The molecule has 8 nitrogen and oxygen atoms in total. The van der Waals surface area contributed by atoms with Crippen LogP contribution in [-0.4, -0.2) is 51.5 Å². The standard InChI is InChI=1S/C21H22BrN5O3/c22-15-6-7-17-16(14-15)20(29)27(21(30)24-17)9-3-5-19(28)26-12-10-25(11-13-26)18-4-1-2-8-23-18/h1-2,4,6-8,14H,3,5,9-13H2,(H,24,30). The predicted octanol–water partition coefficient (Wildman–Crippen LogP) is 1.98. The first kappa shape index (κ1) is 20.3. The number of anilines is 1. The molecule has 1 saturated heterocycles. The lowest BCUT2D eigenvalue weighted by atomic mass is 10.2. The van der Waals surface area contributed by atoms with Crippen molar-refractivity contribution in [1.82, 2.24) is 19.4 Å². The van der Waals surface area contributed by atoms with Crippen LogP contribution in [0.1, 0.15) is 12.8 Å². The number of rotatable bonds is 5. The Morgan fingerprint density at radius 2 is 1.90 bits per heavy atom. The molecule has 0 unspecified atom stereocenters. The van der Waals surface area contributed by atoms with Crippen molar-refractivity contribution in [3.63, 3.8) is 0 Å². The minimum absolute atomic E-state index is 0.0451. The summed E-state index contributed by atoms with van der Waals surface area (Å²) < 4.78 is 1.94. The van der Waals surface area contributed by atoms with E-state index in [4.69, 9.17) is 0 Å². The topological polar surface area (TPSA) is 91.3 Å². The van der Waals surface area contributed by atoms with Crippen LogP contribution in [0.15, 0.2) is 56.7 Å². The minimum Gasteiger partial charge on any atom is -0.353 e. The lowest BCUT2D eigenvalue weighted by Gasteiger charge is -2.35. The van der Waals surface area contributed by atoms with Gasteiger partial charge in [0.05, 0.1) is 10.9 Å². The molecule has 0 bridgehead atoms. The van der Waals surface area contributed by atoms with E-state index in [1.807, 2.05) is 23.1 Å². The second kappa shape index (κ2) is 8.83. The fraction of sp³-hybridized carbons (Fsp3) is 0.333. The molecule has 0 atom stereocenters. The van der Waals surface area contributed by atoms with Crippen LogP contribution in [-0.2, 0) is 11.3 Å². The number of nitrogens with zero attached hydrogens (tertiary/aromatic N) is 4. The first-order valence-electron chi connectivity index (χ1n) is 9.89. The van der Waals surface area contributed by atoms with E-state index >= 15 is 0 Å². The fourth-order valence-corrected chi connectivity index (χ4v) is 4.06. The molecular weight excluding hydrogens is 450 g/mol. The Morgan fingerprint density at radius 1 is 1.10 bits per heavy atom. The van der Waals surface area contributed by atoms with Gasteiger partial charge in [-0.25, -0.2) is 9.78 Å². The maximum absolute atomic E-state index is 12.7. The van der Waals surface area contributed by atoms with Crippen molar-refractivity contribution in [3.8, 4) is 0 Å². The lowest BCUT2D eigenvalue weighted by Crippen LogP contribution is -2.49. The summed E-state index contributed by atoms with van der Waals surface area (Å²) in [5.74, 6) is 0.967. The van der Waals surface area contributed by atoms with Crippen LogP contribution in [0.3, 0.4) is 0 Å². The van der Waals surface area contributed by atoms with Crippen LogP contribution in [0.25, 0.3) is 10.9 Å². The molecule has 0 spiro atoms. The van der Waals surface area contributed by atoms with Crippen molar-refractivity contribution in [2.75, 3.05) is 31.1 Å². The molecule has 1 amide bonds. The summed E-state index contributed by atoms with van der Waals surface area (Å²) in [5, 5.41) is 0.445. The smallest absolute Gasteiger partial charge is 0.328 e. The Bertz CT molecular complexity index is 1170. The van der Waals surface area contributed by atoms with Crippen molar-refractivity contribution in [1.29, 1.82) is 0 Å². The fourth-order valence-electron chi connectivity index (χ4n) is 3.70. The lowest BCUT2D eigenvalue weighted by molar-refractivity contribution is -0.131. The van der Waals surface area contributed by atoms with Crippen molar-refractivity contribution < 1.29 is 4.79 Å². The molecule has 9 heteroatoms. The summed E-state index contributed by atoms with van der Waals surface area (Å²) in [6.07, 6.45) is 2.50. The molecule has 1 aliphatic heterocycles. The van der Waals surface area contributed by atoms with Gasteiger partial charge in [0.1, 0.15) is 5.82 Å². The SMILES string of the molecule is O=C(CCCn1c(=O)[nH]c2ccc(Br)cc2c1=O)N1CCN(c2ccccn2)CC1. The number of nitrogens with one attached hydrogen (secondary N) is 1. The molecule has 4 rings (SSSR count). The van der Waals surface area contributed by atoms with Gasteiger partial charge < -0.3 is 14.8 Å². The van der Waals surface area contributed by atoms with Gasteiger partial charge in [0.2, 0.25) is 5.91 Å². The van der Waals surface area contributed by atoms with Crippen molar-refractivity contribution >= 4 is 38.6 Å². The number of aromatic amines is 1. The summed E-state index contributed by atoms with van der Waals surface area (Å²) in [4.78, 5) is 48.6. The number of H-pyrrole nitrogens is 1. The van der Waals surface area contributed by atoms with E-state index in [2.05, 4.69) is 30.8 Å². The molecule has 0 radical (unpaired) electrons. The Morgan fingerprint density at radius 3 is 2.63 bits per heavy atom. The average Bonchev–Trinajstić information content (AvgIpc) is 2.77. The number of aromatic nitrogens is 3. The van der Waals surface area contributed by atoms with Gasteiger partial charge in [0, 0.05) is 49.8 Å². The van der Waals surface area contributed by atoms with Crippen LogP contribution in [0, 0.1) is 0 Å². The average molecular weight is 472 g/mol. The largest absolute Gasteiger partial charge is 0.353 e.